The van der Waals surface area contributed by atoms with E-state index in [1.807, 2.05) is 35.7 Å². The van der Waals surface area contributed by atoms with E-state index >= 15 is 0 Å². The van der Waals surface area contributed by atoms with E-state index in [9.17, 15) is 4.79 Å². The van der Waals surface area contributed by atoms with Gasteiger partial charge in [0.05, 0.1) is 11.6 Å². The van der Waals surface area contributed by atoms with Gasteiger partial charge < -0.3 is 10.0 Å². The van der Waals surface area contributed by atoms with Crippen LogP contribution in [0.5, 0.6) is 0 Å². The molecule has 0 fully saturated rings. The monoisotopic (exact) mass is 304 g/mol. The quantitative estimate of drug-likeness (QED) is 0.846. The third kappa shape index (κ3) is 4.04. The lowest BCUT2D eigenvalue weighted by Gasteiger charge is -2.23. The number of thiazole rings is 1. The van der Waals surface area contributed by atoms with Crippen molar-refractivity contribution in [2.75, 3.05) is 18.0 Å². The fourth-order valence-electron chi connectivity index (χ4n) is 2.09. The number of aliphatic carboxylic acids is 1. The summed E-state index contributed by atoms with van der Waals surface area (Å²) in [6.45, 7) is 5.13. The standard InChI is InChI=1S/C16H20N2O2S/c1-3-9-18(10-12(2)15(19)20)16-17-14(11-21-16)13-7-5-4-6-8-13/h4-8,11-12H,3,9-10H2,1-2H3,(H,19,20). The number of aromatic nitrogens is 1. The van der Waals surface area contributed by atoms with E-state index in [1.54, 1.807) is 18.3 Å². The highest BCUT2D eigenvalue weighted by Gasteiger charge is 2.18. The highest BCUT2D eigenvalue weighted by Crippen LogP contribution is 2.28. The number of nitrogens with zero attached hydrogens (tertiary/aromatic N) is 2. The van der Waals surface area contributed by atoms with E-state index in [0.717, 1.165) is 29.4 Å². The molecule has 0 aliphatic carbocycles. The number of hydrogen-bond donors (Lipinski definition) is 1. The molecule has 2 aromatic rings. The zero-order valence-corrected chi connectivity index (χ0v) is 13.1. The van der Waals surface area contributed by atoms with Crippen molar-refractivity contribution >= 4 is 22.4 Å². The SMILES string of the molecule is CCCN(CC(C)C(=O)O)c1nc(-c2ccccc2)cs1. The van der Waals surface area contributed by atoms with Crippen LogP contribution in [0.25, 0.3) is 11.3 Å². The van der Waals surface area contributed by atoms with E-state index in [-0.39, 0.29) is 0 Å². The van der Waals surface area contributed by atoms with Crippen molar-refractivity contribution in [2.45, 2.75) is 20.3 Å². The number of carboxylic acids is 1. The van der Waals surface area contributed by atoms with E-state index in [2.05, 4.69) is 16.8 Å². The van der Waals surface area contributed by atoms with Crippen LogP contribution in [-0.4, -0.2) is 29.1 Å². The summed E-state index contributed by atoms with van der Waals surface area (Å²) in [6, 6.07) is 10.0. The maximum Gasteiger partial charge on any atom is 0.308 e. The van der Waals surface area contributed by atoms with Crippen LogP contribution in [0.4, 0.5) is 5.13 Å². The molecule has 0 radical (unpaired) electrons. The van der Waals surface area contributed by atoms with Gasteiger partial charge in [0.1, 0.15) is 0 Å². The highest BCUT2D eigenvalue weighted by molar-refractivity contribution is 7.14. The summed E-state index contributed by atoms with van der Waals surface area (Å²) < 4.78 is 0. The molecular weight excluding hydrogens is 284 g/mol. The van der Waals surface area contributed by atoms with Crippen LogP contribution >= 0.6 is 11.3 Å². The van der Waals surface area contributed by atoms with Crippen molar-refractivity contribution in [3.05, 3.63) is 35.7 Å². The Morgan fingerprint density at radius 1 is 1.38 bits per heavy atom. The van der Waals surface area contributed by atoms with Gasteiger partial charge in [-0.1, -0.05) is 44.2 Å². The molecule has 2 rings (SSSR count). The summed E-state index contributed by atoms with van der Waals surface area (Å²) in [4.78, 5) is 17.8. The van der Waals surface area contributed by atoms with Crippen LogP contribution in [-0.2, 0) is 4.79 Å². The maximum atomic E-state index is 11.1. The fourth-order valence-corrected chi connectivity index (χ4v) is 2.97. The minimum Gasteiger partial charge on any atom is -0.481 e. The van der Waals surface area contributed by atoms with Crippen molar-refractivity contribution in [3.63, 3.8) is 0 Å². The third-order valence-corrected chi connectivity index (χ3v) is 4.14. The number of carbonyl (C=O) groups is 1. The van der Waals surface area contributed by atoms with Gasteiger partial charge in [-0.3, -0.25) is 4.79 Å². The first-order chi connectivity index (χ1) is 10.1. The molecule has 4 nitrogen and oxygen atoms in total. The molecule has 1 atom stereocenters. The second kappa shape index (κ2) is 7.22. The van der Waals surface area contributed by atoms with Gasteiger partial charge in [-0.2, -0.15) is 0 Å². The zero-order valence-electron chi connectivity index (χ0n) is 12.3. The van der Waals surface area contributed by atoms with Crippen LogP contribution in [0.15, 0.2) is 35.7 Å². The Kier molecular flexibility index (Phi) is 5.33. The second-order valence-corrected chi connectivity index (χ2v) is 5.90. The normalized spacial score (nSPS) is 12.1. The number of carboxylic acid groups (broad SMARTS) is 1. The van der Waals surface area contributed by atoms with Gasteiger partial charge in [0.2, 0.25) is 0 Å². The molecule has 5 heteroatoms. The molecule has 0 aliphatic rings. The predicted molar refractivity (Wildman–Crippen MR) is 86.9 cm³/mol. The highest BCUT2D eigenvalue weighted by atomic mass is 32.1. The molecule has 0 saturated carbocycles. The average Bonchev–Trinajstić information content (AvgIpc) is 2.97. The summed E-state index contributed by atoms with van der Waals surface area (Å²) >= 11 is 1.57. The lowest BCUT2D eigenvalue weighted by Crippen LogP contribution is -2.32. The average molecular weight is 304 g/mol. The topological polar surface area (TPSA) is 53.4 Å². The van der Waals surface area contributed by atoms with Crippen LogP contribution in [0.1, 0.15) is 20.3 Å². The summed E-state index contributed by atoms with van der Waals surface area (Å²) in [5.74, 6) is -1.17. The molecule has 0 spiro atoms. The zero-order chi connectivity index (χ0) is 15.2. The van der Waals surface area contributed by atoms with E-state index in [1.165, 1.54) is 0 Å². The Morgan fingerprint density at radius 2 is 2.10 bits per heavy atom. The lowest BCUT2D eigenvalue weighted by molar-refractivity contribution is -0.140. The number of hydrogen-bond acceptors (Lipinski definition) is 4. The Bertz CT molecular complexity index is 583. The smallest absolute Gasteiger partial charge is 0.308 e. The van der Waals surface area contributed by atoms with Crippen LogP contribution < -0.4 is 4.90 Å². The Labute approximate surface area is 129 Å². The molecule has 21 heavy (non-hydrogen) atoms. The largest absolute Gasteiger partial charge is 0.481 e. The summed E-state index contributed by atoms with van der Waals surface area (Å²) in [5.41, 5.74) is 2.03. The molecule has 1 unspecified atom stereocenters. The van der Waals surface area contributed by atoms with Crippen molar-refractivity contribution in [1.82, 2.24) is 4.98 Å². The molecule has 0 aliphatic heterocycles. The first-order valence-electron chi connectivity index (χ1n) is 7.10. The van der Waals surface area contributed by atoms with Gasteiger partial charge in [-0.15, -0.1) is 11.3 Å². The van der Waals surface area contributed by atoms with Gasteiger partial charge >= 0.3 is 5.97 Å². The van der Waals surface area contributed by atoms with Crippen molar-refractivity contribution in [2.24, 2.45) is 5.92 Å². The second-order valence-electron chi connectivity index (χ2n) is 5.07. The summed E-state index contributed by atoms with van der Waals surface area (Å²) in [6.07, 6.45) is 0.965. The third-order valence-electron chi connectivity index (χ3n) is 3.24. The minimum absolute atomic E-state index is 0.402. The van der Waals surface area contributed by atoms with Crippen LogP contribution in [0.3, 0.4) is 0 Å². The number of rotatable bonds is 7. The first kappa shape index (κ1) is 15.5. The van der Waals surface area contributed by atoms with Crippen LogP contribution in [0.2, 0.25) is 0 Å². The molecule has 1 aromatic carbocycles. The molecule has 1 N–H and O–H groups in total. The Hall–Kier alpha value is -1.88. The Balaban J connectivity index is 2.18. The first-order valence-corrected chi connectivity index (χ1v) is 7.98. The van der Waals surface area contributed by atoms with Crippen molar-refractivity contribution in [1.29, 1.82) is 0 Å². The Morgan fingerprint density at radius 3 is 2.71 bits per heavy atom. The van der Waals surface area contributed by atoms with Gasteiger partial charge in [0, 0.05) is 24.0 Å². The lowest BCUT2D eigenvalue weighted by atomic mass is 10.1. The van der Waals surface area contributed by atoms with E-state index < -0.39 is 11.9 Å². The molecule has 112 valence electrons. The van der Waals surface area contributed by atoms with Gasteiger partial charge in [0.15, 0.2) is 5.13 Å². The minimum atomic E-state index is -0.768. The molecule has 0 bridgehead atoms. The fraction of sp³-hybridized carbons (Fsp3) is 0.375. The van der Waals surface area contributed by atoms with Crippen LogP contribution in [0, 0.1) is 5.92 Å². The van der Waals surface area contributed by atoms with E-state index in [4.69, 9.17) is 5.11 Å². The summed E-state index contributed by atoms with van der Waals surface area (Å²) in [5, 5.41) is 12.0. The van der Waals surface area contributed by atoms with Crippen molar-refractivity contribution < 1.29 is 9.90 Å². The van der Waals surface area contributed by atoms with Gasteiger partial charge in [-0.05, 0) is 6.42 Å². The van der Waals surface area contributed by atoms with E-state index in [0.29, 0.717) is 6.54 Å². The van der Waals surface area contributed by atoms with Crippen molar-refractivity contribution in [3.8, 4) is 11.3 Å². The molecule has 1 heterocycles. The number of anilines is 1. The molecule has 1 aromatic heterocycles. The number of benzene rings is 1. The maximum absolute atomic E-state index is 11.1. The predicted octanol–water partition coefficient (Wildman–Crippen LogP) is 3.75. The molecular formula is C16H20N2O2S. The van der Waals surface area contributed by atoms with Gasteiger partial charge in [-0.25, -0.2) is 4.98 Å². The summed E-state index contributed by atoms with van der Waals surface area (Å²) in [7, 11) is 0. The molecule has 0 amide bonds. The molecule has 0 saturated heterocycles. The van der Waals surface area contributed by atoms with Gasteiger partial charge in [0.25, 0.3) is 0 Å².